The van der Waals surface area contributed by atoms with Gasteiger partial charge >= 0.3 is 0 Å². The van der Waals surface area contributed by atoms with Gasteiger partial charge in [0.25, 0.3) is 0 Å². The highest BCUT2D eigenvalue weighted by atomic mass is 16.5. The second-order valence-electron chi connectivity index (χ2n) is 6.56. The molecule has 2 fully saturated rings. The maximum absolute atomic E-state index is 5.86. The standard InChI is InChI=1S/C15H31N3O/c1-13(2)16-10-14-4-6-18(7-5-14)12-15-11-17(3)8-9-19-15/h13-16H,4-12H2,1-3H3. The van der Waals surface area contributed by atoms with E-state index in [1.54, 1.807) is 0 Å². The second-order valence-corrected chi connectivity index (χ2v) is 6.56. The largest absolute Gasteiger partial charge is 0.374 e. The number of hydrogen-bond acceptors (Lipinski definition) is 4. The Balaban J connectivity index is 1.63. The van der Waals surface area contributed by atoms with Crippen LogP contribution in [0, 0.1) is 5.92 Å². The molecular weight excluding hydrogens is 238 g/mol. The van der Waals surface area contributed by atoms with E-state index in [0.717, 1.165) is 32.2 Å². The highest BCUT2D eigenvalue weighted by Crippen LogP contribution is 2.17. The third-order valence-corrected chi connectivity index (χ3v) is 4.33. The van der Waals surface area contributed by atoms with Gasteiger partial charge in [-0.1, -0.05) is 13.8 Å². The summed E-state index contributed by atoms with van der Waals surface area (Å²) in [5, 5.41) is 3.57. The predicted molar refractivity (Wildman–Crippen MR) is 79.5 cm³/mol. The normalized spacial score (nSPS) is 28.1. The Kier molecular flexibility index (Phi) is 6.07. The zero-order valence-electron chi connectivity index (χ0n) is 12.9. The smallest absolute Gasteiger partial charge is 0.0829 e. The molecule has 2 heterocycles. The van der Waals surface area contributed by atoms with Crippen LogP contribution < -0.4 is 5.32 Å². The lowest BCUT2D eigenvalue weighted by molar-refractivity contribution is -0.0393. The minimum atomic E-state index is 0.420. The van der Waals surface area contributed by atoms with Crippen molar-refractivity contribution in [1.82, 2.24) is 15.1 Å². The molecule has 0 bridgehead atoms. The number of piperidine rings is 1. The van der Waals surface area contributed by atoms with Crippen molar-refractivity contribution in [3.05, 3.63) is 0 Å². The van der Waals surface area contributed by atoms with Gasteiger partial charge in [-0.25, -0.2) is 0 Å². The van der Waals surface area contributed by atoms with Crippen molar-refractivity contribution in [1.29, 1.82) is 0 Å². The van der Waals surface area contributed by atoms with Crippen molar-refractivity contribution < 1.29 is 4.74 Å². The lowest BCUT2D eigenvalue weighted by Gasteiger charge is -2.37. The number of ether oxygens (including phenoxy) is 1. The van der Waals surface area contributed by atoms with Gasteiger partial charge in [0.2, 0.25) is 0 Å². The van der Waals surface area contributed by atoms with E-state index in [1.165, 1.54) is 32.5 Å². The first kappa shape index (κ1) is 15.2. The molecule has 4 heteroatoms. The summed E-state index contributed by atoms with van der Waals surface area (Å²) in [6.45, 7) is 12.3. The lowest BCUT2D eigenvalue weighted by atomic mass is 9.96. The predicted octanol–water partition coefficient (Wildman–Crippen LogP) is 1.03. The van der Waals surface area contributed by atoms with Crippen LogP contribution in [0.3, 0.4) is 0 Å². The molecule has 19 heavy (non-hydrogen) atoms. The fourth-order valence-corrected chi connectivity index (χ4v) is 3.04. The van der Waals surface area contributed by atoms with Gasteiger partial charge in [0.15, 0.2) is 0 Å². The minimum absolute atomic E-state index is 0.420. The topological polar surface area (TPSA) is 27.7 Å². The average Bonchev–Trinajstić information content (AvgIpc) is 2.38. The fourth-order valence-electron chi connectivity index (χ4n) is 3.04. The average molecular weight is 269 g/mol. The van der Waals surface area contributed by atoms with Crippen molar-refractivity contribution in [3.8, 4) is 0 Å². The summed E-state index contributed by atoms with van der Waals surface area (Å²) in [6.07, 6.45) is 3.09. The molecule has 0 aromatic rings. The summed E-state index contributed by atoms with van der Waals surface area (Å²) in [4.78, 5) is 4.98. The van der Waals surface area contributed by atoms with Gasteiger partial charge in [-0.15, -0.1) is 0 Å². The quantitative estimate of drug-likeness (QED) is 0.807. The second kappa shape index (κ2) is 7.58. The number of nitrogens with zero attached hydrogens (tertiary/aromatic N) is 2. The molecule has 2 aliphatic heterocycles. The molecule has 2 saturated heterocycles. The molecule has 2 aliphatic rings. The molecule has 0 aromatic heterocycles. The van der Waals surface area contributed by atoms with Gasteiger partial charge in [0.1, 0.15) is 0 Å². The van der Waals surface area contributed by atoms with Gasteiger partial charge in [0.05, 0.1) is 12.7 Å². The Morgan fingerprint density at radius 3 is 2.58 bits per heavy atom. The highest BCUT2D eigenvalue weighted by molar-refractivity contribution is 4.78. The number of hydrogen-bond donors (Lipinski definition) is 1. The van der Waals surface area contributed by atoms with Crippen LogP contribution in [-0.2, 0) is 4.74 Å². The van der Waals surface area contributed by atoms with Crippen molar-refractivity contribution in [2.24, 2.45) is 5.92 Å². The van der Waals surface area contributed by atoms with E-state index in [4.69, 9.17) is 4.74 Å². The van der Waals surface area contributed by atoms with Gasteiger partial charge in [-0.05, 0) is 45.4 Å². The molecule has 1 atom stereocenters. The molecule has 0 aliphatic carbocycles. The first-order valence-corrected chi connectivity index (χ1v) is 7.89. The lowest BCUT2D eigenvalue weighted by Crippen LogP contribution is -2.48. The molecule has 0 spiro atoms. The summed E-state index contributed by atoms with van der Waals surface area (Å²) in [5.41, 5.74) is 0. The van der Waals surface area contributed by atoms with Crippen molar-refractivity contribution in [2.45, 2.75) is 38.8 Å². The van der Waals surface area contributed by atoms with Crippen LogP contribution in [-0.4, -0.2) is 74.9 Å². The Bertz CT molecular complexity index is 252. The van der Waals surface area contributed by atoms with Gasteiger partial charge in [-0.3, -0.25) is 0 Å². The van der Waals surface area contributed by atoms with Gasteiger partial charge in [-0.2, -0.15) is 0 Å². The monoisotopic (exact) mass is 269 g/mol. The number of likely N-dealkylation sites (tertiary alicyclic amines) is 1. The molecule has 2 rings (SSSR count). The number of rotatable bonds is 5. The Labute approximate surface area is 118 Å². The molecule has 1 N–H and O–H groups in total. The molecular formula is C15H31N3O. The first-order chi connectivity index (χ1) is 9.13. The number of morpholine rings is 1. The summed E-state index contributed by atoms with van der Waals surface area (Å²) >= 11 is 0. The molecule has 1 unspecified atom stereocenters. The maximum atomic E-state index is 5.86. The first-order valence-electron chi connectivity index (χ1n) is 7.89. The molecule has 112 valence electrons. The number of nitrogens with one attached hydrogen (secondary N) is 1. The Morgan fingerprint density at radius 1 is 1.21 bits per heavy atom. The summed E-state index contributed by atoms with van der Waals surface area (Å²) in [5.74, 6) is 0.869. The van der Waals surface area contributed by atoms with Crippen LogP contribution in [0.4, 0.5) is 0 Å². The van der Waals surface area contributed by atoms with Crippen LogP contribution in [0.25, 0.3) is 0 Å². The third-order valence-electron chi connectivity index (χ3n) is 4.33. The van der Waals surface area contributed by atoms with E-state index in [-0.39, 0.29) is 0 Å². The van der Waals surface area contributed by atoms with Crippen molar-refractivity contribution in [3.63, 3.8) is 0 Å². The van der Waals surface area contributed by atoms with E-state index in [0.29, 0.717) is 12.1 Å². The van der Waals surface area contributed by atoms with Crippen LogP contribution in [0.15, 0.2) is 0 Å². The minimum Gasteiger partial charge on any atom is -0.374 e. The summed E-state index contributed by atoms with van der Waals surface area (Å²) in [7, 11) is 2.19. The van der Waals surface area contributed by atoms with Crippen LogP contribution in [0.2, 0.25) is 0 Å². The SMILES string of the molecule is CC(C)NCC1CCN(CC2CN(C)CCO2)CC1. The molecule has 0 radical (unpaired) electrons. The number of likely N-dealkylation sites (N-methyl/N-ethyl adjacent to an activating group) is 1. The molecule has 0 amide bonds. The summed E-state index contributed by atoms with van der Waals surface area (Å²) < 4.78 is 5.86. The van der Waals surface area contributed by atoms with E-state index >= 15 is 0 Å². The van der Waals surface area contributed by atoms with E-state index in [2.05, 4.69) is 36.0 Å². The Hall–Kier alpha value is -0.160. The third kappa shape index (κ3) is 5.38. The van der Waals surface area contributed by atoms with E-state index in [9.17, 15) is 0 Å². The van der Waals surface area contributed by atoms with Crippen LogP contribution in [0.5, 0.6) is 0 Å². The zero-order valence-corrected chi connectivity index (χ0v) is 12.9. The van der Waals surface area contributed by atoms with E-state index < -0.39 is 0 Å². The Morgan fingerprint density at radius 2 is 1.95 bits per heavy atom. The van der Waals surface area contributed by atoms with Gasteiger partial charge < -0.3 is 19.9 Å². The van der Waals surface area contributed by atoms with Crippen LogP contribution >= 0.6 is 0 Å². The zero-order chi connectivity index (χ0) is 13.7. The molecule has 0 saturated carbocycles. The van der Waals surface area contributed by atoms with Crippen molar-refractivity contribution in [2.75, 3.05) is 52.9 Å². The van der Waals surface area contributed by atoms with Crippen LogP contribution in [0.1, 0.15) is 26.7 Å². The summed E-state index contributed by atoms with van der Waals surface area (Å²) in [6, 6.07) is 0.615. The fraction of sp³-hybridized carbons (Fsp3) is 1.00. The van der Waals surface area contributed by atoms with Gasteiger partial charge in [0, 0.05) is 25.7 Å². The highest BCUT2D eigenvalue weighted by Gasteiger charge is 2.24. The van der Waals surface area contributed by atoms with Crippen molar-refractivity contribution >= 4 is 0 Å². The maximum Gasteiger partial charge on any atom is 0.0829 e. The molecule has 4 nitrogen and oxygen atoms in total. The molecule has 0 aromatic carbocycles. The van der Waals surface area contributed by atoms with E-state index in [1.807, 2.05) is 0 Å².